The molecule has 0 saturated carbocycles. The van der Waals surface area contributed by atoms with Gasteiger partial charge in [0, 0.05) is 37.7 Å². The first-order valence-electron chi connectivity index (χ1n) is 4.12. The predicted molar refractivity (Wildman–Crippen MR) is 42.2 cm³/mol. The molecule has 0 bridgehead atoms. The molecule has 0 rings (SSSR count). The van der Waals surface area contributed by atoms with E-state index in [0.717, 1.165) is 0 Å². The summed E-state index contributed by atoms with van der Waals surface area (Å²) in [6.45, 7) is 0. The number of hydrogen-bond acceptors (Lipinski definition) is 2. The van der Waals surface area contributed by atoms with Gasteiger partial charge in [-0.2, -0.15) is 48.3 Å². The minimum atomic E-state index is -7.56. The van der Waals surface area contributed by atoms with Crippen molar-refractivity contribution < 1.29 is 62.6 Å². The third-order valence-electron chi connectivity index (χ3n) is 1.89. The van der Waals surface area contributed by atoms with Crippen molar-refractivity contribution >= 4 is 43.7 Å². The Hall–Kier alpha value is -0.150. The van der Waals surface area contributed by atoms with Crippen molar-refractivity contribution in [3.8, 4) is 0 Å². The molecule has 1 atom stereocenters. The molecule has 22 heavy (non-hydrogen) atoms. The second-order valence-electron chi connectivity index (χ2n) is 3.27. The third kappa shape index (κ3) is 4.03. The monoisotopic (exact) mass is 387 g/mol. The summed E-state index contributed by atoms with van der Waals surface area (Å²) in [4.78, 5) is 5.86. The van der Waals surface area contributed by atoms with Crippen molar-refractivity contribution in [3.05, 3.63) is 0 Å². The molecule has 0 spiro atoms. The van der Waals surface area contributed by atoms with E-state index in [9.17, 15) is 57.5 Å². The van der Waals surface area contributed by atoms with Crippen molar-refractivity contribution in [2.45, 2.75) is 30.5 Å². The van der Waals surface area contributed by atoms with Gasteiger partial charge in [0.05, 0.1) is 0 Å². The number of aliphatic carboxylic acids is 1. The van der Waals surface area contributed by atoms with Crippen LogP contribution in [0.2, 0.25) is 0 Å². The van der Waals surface area contributed by atoms with Gasteiger partial charge < -0.3 is 5.11 Å². The Balaban J connectivity index is 0. The summed E-state index contributed by atoms with van der Waals surface area (Å²) >= 11 is 0. The Kier molecular flexibility index (Phi) is 7.00. The fourth-order valence-corrected chi connectivity index (χ4v) is 1.04. The molecule has 0 aliphatic rings. The SMILES string of the molecule is O=C(O)C(F)(C(F)(F)F)C(F)(F)N(C(F)(F)F)C(F)(F)F.[Ca]. The van der Waals surface area contributed by atoms with E-state index in [2.05, 4.69) is 0 Å². The summed E-state index contributed by atoms with van der Waals surface area (Å²) in [5.74, 6) is -4.28. The molecule has 1 N–H and O–H groups in total. The maximum absolute atomic E-state index is 13.0. The molecule has 1 unspecified atom stereocenters. The third-order valence-corrected chi connectivity index (χ3v) is 1.89. The van der Waals surface area contributed by atoms with Gasteiger partial charge in [0.2, 0.25) is 0 Å². The van der Waals surface area contributed by atoms with Crippen LogP contribution in [0.5, 0.6) is 0 Å². The molecule has 0 fully saturated rings. The number of hydrogen-bond donors (Lipinski definition) is 1. The standard InChI is InChI=1S/C6HF12NO2.Ca/c7-2(1(20)21,3(8,9)10)4(11,12)19(5(13,14)15)6(16,17)18;/h(H,20,21);. The quantitative estimate of drug-likeness (QED) is 0.460. The Bertz CT molecular complexity index is 399. The van der Waals surface area contributed by atoms with E-state index in [4.69, 9.17) is 5.11 Å². The van der Waals surface area contributed by atoms with Crippen LogP contribution >= 0.6 is 0 Å². The average molecular weight is 387 g/mol. The normalized spacial score (nSPS) is 17.0. The fraction of sp³-hybridized carbons (Fsp3) is 0.833. The van der Waals surface area contributed by atoms with Gasteiger partial charge in [0.25, 0.3) is 0 Å². The average Bonchev–Trinajstić information content (AvgIpc) is 2.07. The van der Waals surface area contributed by atoms with Crippen molar-refractivity contribution in [1.82, 2.24) is 4.90 Å². The van der Waals surface area contributed by atoms with E-state index in [0.29, 0.717) is 0 Å². The zero-order chi connectivity index (χ0) is 17.7. The molecule has 0 aromatic rings. The van der Waals surface area contributed by atoms with Crippen LogP contribution in [0.15, 0.2) is 0 Å². The van der Waals surface area contributed by atoms with Gasteiger partial charge in [0.1, 0.15) is 0 Å². The smallest absolute Gasteiger partial charge is 0.472 e. The number of carboxylic acid groups (broad SMARTS) is 1. The van der Waals surface area contributed by atoms with Crippen LogP contribution in [-0.4, -0.2) is 84.2 Å². The van der Waals surface area contributed by atoms with E-state index < -0.39 is 41.4 Å². The predicted octanol–water partition coefficient (Wildman–Crippen LogP) is 2.90. The molecule has 128 valence electrons. The van der Waals surface area contributed by atoms with Gasteiger partial charge in [-0.25, -0.2) is 9.18 Å². The van der Waals surface area contributed by atoms with Gasteiger partial charge >= 0.3 is 36.5 Å². The molecule has 16 heteroatoms. The number of nitrogens with zero attached hydrogens (tertiary/aromatic N) is 1. The van der Waals surface area contributed by atoms with E-state index in [1.54, 1.807) is 0 Å². The molecule has 0 amide bonds. The van der Waals surface area contributed by atoms with Crippen molar-refractivity contribution in [1.29, 1.82) is 0 Å². The van der Waals surface area contributed by atoms with Gasteiger partial charge in [-0.15, -0.1) is 0 Å². The maximum atomic E-state index is 13.0. The van der Waals surface area contributed by atoms with E-state index in [1.807, 2.05) is 0 Å². The van der Waals surface area contributed by atoms with Gasteiger partial charge in [0.15, 0.2) is 0 Å². The molecular formula is C6HCaF12NO2. The zero-order valence-electron chi connectivity index (χ0n) is 9.55. The van der Waals surface area contributed by atoms with Crippen LogP contribution in [0.3, 0.4) is 0 Å². The van der Waals surface area contributed by atoms with Crippen LogP contribution in [0, 0.1) is 0 Å². The Morgan fingerprint density at radius 1 is 0.727 bits per heavy atom. The van der Waals surface area contributed by atoms with Crippen LogP contribution in [-0.2, 0) is 4.79 Å². The molecule has 3 nitrogen and oxygen atoms in total. The summed E-state index contributed by atoms with van der Waals surface area (Å²) in [5.41, 5.74) is -7.16. The number of carbonyl (C=O) groups is 1. The number of carboxylic acids is 1. The minimum Gasteiger partial charge on any atom is -0.478 e. The summed E-state index contributed by atoms with van der Waals surface area (Å²) in [6, 6.07) is -7.56. The molecule has 2 radical (unpaired) electrons. The molecular weight excluding hydrogens is 386 g/mol. The van der Waals surface area contributed by atoms with Gasteiger partial charge in [-0.3, -0.25) is 0 Å². The van der Waals surface area contributed by atoms with Gasteiger partial charge in [-0.05, 0) is 0 Å². The molecule has 0 saturated heterocycles. The molecule has 0 aliphatic carbocycles. The van der Waals surface area contributed by atoms with Crippen LogP contribution in [0.25, 0.3) is 0 Å². The van der Waals surface area contributed by atoms with Crippen molar-refractivity contribution in [3.63, 3.8) is 0 Å². The first-order chi connectivity index (χ1) is 8.81. The van der Waals surface area contributed by atoms with Crippen LogP contribution in [0.4, 0.5) is 52.7 Å². The first kappa shape index (κ1) is 24.1. The topological polar surface area (TPSA) is 40.5 Å². The number of alkyl halides is 12. The molecule has 0 aromatic heterocycles. The number of rotatable bonds is 3. The second-order valence-corrected chi connectivity index (χ2v) is 3.27. The van der Waals surface area contributed by atoms with Crippen molar-refractivity contribution in [2.75, 3.05) is 0 Å². The van der Waals surface area contributed by atoms with E-state index in [1.165, 1.54) is 0 Å². The zero-order valence-corrected chi connectivity index (χ0v) is 11.8. The Morgan fingerprint density at radius 3 is 1.14 bits per heavy atom. The van der Waals surface area contributed by atoms with Crippen LogP contribution in [0.1, 0.15) is 0 Å². The van der Waals surface area contributed by atoms with Crippen LogP contribution < -0.4 is 0 Å². The van der Waals surface area contributed by atoms with Gasteiger partial charge in [-0.1, -0.05) is 4.90 Å². The fourth-order valence-electron chi connectivity index (χ4n) is 1.04. The van der Waals surface area contributed by atoms with Crippen molar-refractivity contribution in [2.24, 2.45) is 0 Å². The summed E-state index contributed by atoms with van der Waals surface area (Å²) in [6.07, 6.45) is -21.8. The molecule has 0 aromatic carbocycles. The minimum absolute atomic E-state index is 0. The summed E-state index contributed by atoms with van der Waals surface area (Å²) in [5, 5.41) is 7.75. The number of halogens is 12. The Labute approximate surface area is 141 Å². The Morgan fingerprint density at radius 2 is 1.00 bits per heavy atom. The molecule has 0 heterocycles. The largest absolute Gasteiger partial charge is 0.478 e. The van der Waals surface area contributed by atoms with E-state index in [-0.39, 0.29) is 37.7 Å². The molecule has 0 aliphatic heterocycles. The summed E-state index contributed by atoms with van der Waals surface area (Å²) in [7, 11) is 0. The summed E-state index contributed by atoms with van der Waals surface area (Å²) < 4.78 is 146. The first-order valence-corrected chi connectivity index (χ1v) is 4.12. The van der Waals surface area contributed by atoms with E-state index >= 15 is 0 Å². The maximum Gasteiger partial charge on any atom is 0.472 e. The second kappa shape index (κ2) is 6.39.